The maximum atomic E-state index is 12.5. The van der Waals surface area contributed by atoms with Crippen molar-refractivity contribution in [3.8, 4) is 0 Å². The van der Waals surface area contributed by atoms with Gasteiger partial charge >= 0.3 is 5.97 Å². The summed E-state index contributed by atoms with van der Waals surface area (Å²) in [5, 5.41) is 14.8. The number of hydrogen-bond acceptors (Lipinski definition) is 3. The molecular weight excluding hydrogens is 308 g/mol. The molecule has 0 saturated heterocycles. The number of carbonyl (C=O) groups excluding carboxylic acids is 2. The van der Waals surface area contributed by atoms with Crippen LogP contribution in [-0.4, -0.2) is 29.4 Å². The van der Waals surface area contributed by atoms with Gasteiger partial charge in [0.2, 0.25) is 5.91 Å². The molecule has 0 spiro atoms. The first-order valence-electron chi connectivity index (χ1n) is 8.01. The number of carboxylic acid groups (broad SMARTS) is 1. The van der Waals surface area contributed by atoms with E-state index in [4.69, 9.17) is 0 Å². The summed E-state index contributed by atoms with van der Waals surface area (Å²) in [5.74, 6) is -2.84. The van der Waals surface area contributed by atoms with E-state index in [0.717, 1.165) is 5.56 Å². The van der Waals surface area contributed by atoms with E-state index >= 15 is 0 Å². The number of carbonyl (C=O) groups is 3. The summed E-state index contributed by atoms with van der Waals surface area (Å²) in [6.07, 6.45) is 4.38. The Balaban J connectivity index is 2.19. The van der Waals surface area contributed by atoms with Crippen molar-refractivity contribution in [2.45, 2.75) is 26.7 Å². The van der Waals surface area contributed by atoms with Crippen molar-refractivity contribution in [2.24, 2.45) is 11.8 Å². The minimum atomic E-state index is -0.965. The molecule has 0 heterocycles. The van der Waals surface area contributed by atoms with Crippen LogP contribution in [0.25, 0.3) is 0 Å². The van der Waals surface area contributed by atoms with E-state index < -0.39 is 17.8 Å². The number of rotatable bonds is 5. The van der Waals surface area contributed by atoms with Crippen molar-refractivity contribution >= 4 is 23.5 Å². The van der Waals surface area contributed by atoms with Crippen LogP contribution >= 0.6 is 0 Å². The van der Waals surface area contributed by atoms with Crippen LogP contribution in [0.3, 0.4) is 0 Å². The Bertz CT molecular complexity index is 682. The van der Waals surface area contributed by atoms with Crippen LogP contribution < -0.4 is 10.6 Å². The van der Waals surface area contributed by atoms with Crippen molar-refractivity contribution in [2.75, 3.05) is 11.9 Å². The molecule has 3 N–H and O–H groups in total. The molecule has 6 heteroatoms. The lowest BCUT2D eigenvalue weighted by Gasteiger charge is -2.24. The fraction of sp³-hybridized carbons (Fsp3) is 0.389. The number of benzene rings is 1. The fourth-order valence-electron chi connectivity index (χ4n) is 2.76. The quantitative estimate of drug-likeness (QED) is 0.722. The Morgan fingerprint density at radius 3 is 2.46 bits per heavy atom. The predicted octanol–water partition coefficient (Wildman–Crippen LogP) is 2.35. The molecule has 0 radical (unpaired) electrons. The maximum absolute atomic E-state index is 12.5. The number of aliphatic carboxylic acids is 1. The van der Waals surface area contributed by atoms with Gasteiger partial charge in [-0.05, 0) is 44.4 Å². The SMILES string of the molecule is CCNC(=O)c1ccc(C)c(NC(=O)[C@@H]2CC=CC[C@H]2C(=O)O)c1. The fourth-order valence-corrected chi connectivity index (χ4v) is 2.76. The van der Waals surface area contributed by atoms with Gasteiger partial charge in [-0.2, -0.15) is 0 Å². The van der Waals surface area contributed by atoms with Crippen molar-refractivity contribution in [1.82, 2.24) is 5.32 Å². The second-order valence-electron chi connectivity index (χ2n) is 5.87. The minimum Gasteiger partial charge on any atom is -0.481 e. The number of hydrogen-bond donors (Lipinski definition) is 3. The lowest BCUT2D eigenvalue weighted by atomic mass is 9.82. The summed E-state index contributed by atoms with van der Waals surface area (Å²) in [6, 6.07) is 5.07. The smallest absolute Gasteiger partial charge is 0.307 e. The summed E-state index contributed by atoms with van der Waals surface area (Å²) in [5.41, 5.74) is 1.80. The first-order valence-corrected chi connectivity index (χ1v) is 8.01. The summed E-state index contributed by atoms with van der Waals surface area (Å²) < 4.78 is 0. The third kappa shape index (κ3) is 4.01. The molecule has 0 saturated carbocycles. The summed E-state index contributed by atoms with van der Waals surface area (Å²) in [6.45, 7) is 4.17. The Labute approximate surface area is 140 Å². The molecule has 2 rings (SSSR count). The molecule has 1 aliphatic rings. The van der Waals surface area contributed by atoms with Gasteiger partial charge in [-0.3, -0.25) is 14.4 Å². The first kappa shape index (κ1) is 17.7. The van der Waals surface area contributed by atoms with Gasteiger partial charge in [0, 0.05) is 17.8 Å². The molecule has 0 unspecified atom stereocenters. The van der Waals surface area contributed by atoms with E-state index in [1.54, 1.807) is 24.3 Å². The zero-order valence-corrected chi connectivity index (χ0v) is 13.8. The highest BCUT2D eigenvalue weighted by Crippen LogP contribution is 2.28. The predicted molar refractivity (Wildman–Crippen MR) is 90.8 cm³/mol. The lowest BCUT2D eigenvalue weighted by Crippen LogP contribution is -2.35. The zero-order chi connectivity index (χ0) is 17.7. The molecular formula is C18H22N2O4. The van der Waals surface area contributed by atoms with Crippen LogP contribution in [0.2, 0.25) is 0 Å². The normalized spacial score (nSPS) is 19.6. The van der Waals surface area contributed by atoms with E-state index in [1.807, 2.05) is 19.9 Å². The van der Waals surface area contributed by atoms with Crippen molar-refractivity contribution in [3.63, 3.8) is 0 Å². The van der Waals surface area contributed by atoms with Crippen LogP contribution in [0, 0.1) is 18.8 Å². The monoisotopic (exact) mass is 330 g/mol. The third-order valence-corrected chi connectivity index (χ3v) is 4.18. The molecule has 2 atom stereocenters. The van der Waals surface area contributed by atoms with Crippen LogP contribution in [-0.2, 0) is 9.59 Å². The van der Waals surface area contributed by atoms with Gasteiger partial charge in [0.25, 0.3) is 5.91 Å². The molecule has 128 valence electrons. The van der Waals surface area contributed by atoms with Crippen LogP contribution in [0.4, 0.5) is 5.69 Å². The highest BCUT2D eigenvalue weighted by atomic mass is 16.4. The number of carboxylic acids is 1. The van der Waals surface area contributed by atoms with Gasteiger partial charge in [-0.15, -0.1) is 0 Å². The molecule has 1 aliphatic carbocycles. The summed E-state index contributed by atoms with van der Waals surface area (Å²) in [4.78, 5) is 35.8. The minimum absolute atomic E-state index is 0.211. The number of nitrogens with one attached hydrogen (secondary N) is 2. The van der Waals surface area contributed by atoms with E-state index in [0.29, 0.717) is 30.6 Å². The van der Waals surface area contributed by atoms with Gasteiger partial charge in [-0.1, -0.05) is 18.2 Å². The topological polar surface area (TPSA) is 95.5 Å². The molecule has 1 aromatic carbocycles. The van der Waals surface area contributed by atoms with Crippen molar-refractivity contribution in [1.29, 1.82) is 0 Å². The second-order valence-corrected chi connectivity index (χ2v) is 5.87. The first-order chi connectivity index (χ1) is 11.4. The summed E-state index contributed by atoms with van der Waals surface area (Å²) >= 11 is 0. The standard InChI is InChI=1S/C18H22N2O4/c1-3-19-16(21)12-9-8-11(2)15(10-12)20-17(22)13-6-4-5-7-14(13)18(23)24/h4-5,8-10,13-14H,3,6-7H2,1-2H3,(H,19,21)(H,20,22)(H,23,24)/t13-,14-/m1/s1. The number of anilines is 1. The highest BCUT2D eigenvalue weighted by molar-refractivity contribution is 5.99. The molecule has 0 aliphatic heterocycles. The molecule has 0 bridgehead atoms. The van der Waals surface area contributed by atoms with Gasteiger partial charge in [0.1, 0.15) is 0 Å². The van der Waals surface area contributed by atoms with E-state index in [1.165, 1.54) is 0 Å². The molecule has 24 heavy (non-hydrogen) atoms. The van der Waals surface area contributed by atoms with E-state index in [2.05, 4.69) is 10.6 Å². The van der Waals surface area contributed by atoms with Gasteiger partial charge < -0.3 is 15.7 Å². The van der Waals surface area contributed by atoms with E-state index in [-0.39, 0.29) is 11.8 Å². The van der Waals surface area contributed by atoms with Crippen molar-refractivity contribution < 1.29 is 19.5 Å². The van der Waals surface area contributed by atoms with Crippen LogP contribution in [0.1, 0.15) is 35.7 Å². The van der Waals surface area contributed by atoms with Gasteiger partial charge in [0.15, 0.2) is 0 Å². The Morgan fingerprint density at radius 2 is 1.83 bits per heavy atom. The molecule has 6 nitrogen and oxygen atoms in total. The largest absolute Gasteiger partial charge is 0.481 e. The van der Waals surface area contributed by atoms with Gasteiger partial charge in [0.05, 0.1) is 11.8 Å². The van der Waals surface area contributed by atoms with Gasteiger partial charge in [-0.25, -0.2) is 0 Å². The Morgan fingerprint density at radius 1 is 1.17 bits per heavy atom. The number of amides is 2. The van der Waals surface area contributed by atoms with Crippen molar-refractivity contribution in [3.05, 3.63) is 41.5 Å². The Kier molecular flexibility index (Phi) is 5.73. The Hall–Kier alpha value is -2.63. The average molecular weight is 330 g/mol. The molecule has 0 fully saturated rings. The lowest BCUT2D eigenvalue weighted by molar-refractivity contribution is -0.146. The third-order valence-electron chi connectivity index (χ3n) is 4.18. The van der Waals surface area contributed by atoms with E-state index in [9.17, 15) is 19.5 Å². The number of aryl methyl sites for hydroxylation is 1. The zero-order valence-electron chi connectivity index (χ0n) is 13.8. The number of allylic oxidation sites excluding steroid dienone is 2. The molecule has 1 aromatic rings. The molecule has 0 aromatic heterocycles. The molecule has 2 amide bonds. The maximum Gasteiger partial charge on any atom is 0.307 e. The van der Waals surface area contributed by atoms with Crippen LogP contribution in [0.15, 0.2) is 30.4 Å². The second kappa shape index (κ2) is 7.77. The highest BCUT2D eigenvalue weighted by Gasteiger charge is 2.34. The average Bonchev–Trinajstić information content (AvgIpc) is 2.56. The van der Waals surface area contributed by atoms with Crippen LogP contribution in [0.5, 0.6) is 0 Å². The summed E-state index contributed by atoms with van der Waals surface area (Å²) in [7, 11) is 0.